The molecule has 1 heterocycles. The van der Waals surface area contributed by atoms with Crippen molar-refractivity contribution in [3.8, 4) is 0 Å². The Kier molecular flexibility index (Phi) is 5.38. The normalized spacial score (nSPS) is 9.94. The monoisotopic (exact) mass is 258 g/mol. The summed E-state index contributed by atoms with van der Waals surface area (Å²) in [6.45, 7) is -0.0306. The third-order valence-corrected chi connectivity index (χ3v) is 1.94. The Morgan fingerprint density at radius 1 is 1.47 bits per heavy atom. The summed E-state index contributed by atoms with van der Waals surface area (Å²) in [7, 11) is 0. The predicted octanol–water partition coefficient (Wildman–Crippen LogP) is 0.566. The van der Waals surface area contributed by atoms with Crippen molar-refractivity contribution in [2.24, 2.45) is 0 Å². The van der Waals surface area contributed by atoms with Gasteiger partial charge in [0.15, 0.2) is 0 Å². The van der Waals surface area contributed by atoms with Crippen LogP contribution in [0.15, 0.2) is 18.3 Å². The number of carboxylic acids is 1. The molecule has 0 saturated heterocycles. The van der Waals surface area contributed by atoms with Crippen LogP contribution in [-0.4, -0.2) is 41.7 Å². The summed E-state index contributed by atoms with van der Waals surface area (Å²) in [5, 5.41) is 11.3. The van der Waals surface area contributed by atoms with Crippen molar-refractivity contribution in [2.75, 3.05) is 19.8 Å². The summed E-state index contributed by atoms with van der Waals surface area (Å²) in [6.07, 6.45) is 1.37. The molecule has 0 saturated carbocycles. The first-order valence-electron chi connectivity index (χ1n) is 4.79. The van der Waals surface area contributed by atoms with Crippen LogP contribution < -0.4 is 5.32 Å². The predicted molar refractivity (Wildman–Crippen MR) is 60.0 cm³/mol. The fraction of sp³-hybridized carbons (Fsp3) is 0.300. The van der Waals surface area contributed by atoms with Gasteiger partial charge in [0.25, 0.3) is 5.91 Å². The molecule has 0 bridgehead atoms. The molecule has 1 amide bonds. The van der Waals surface area contributed by atoms with Gasteiger partial charge < -0.3 is 15.2 Å². The van der Waals surface area contributed by atoms with Crippen LogP contribution in [0.3, 0.4) is 0 Å². The first kappa shape index (κ1) is 13.4. The van der Waals surface area contributed by atoms with Crippen LogP contribution in [0, 0.1) is 0 Å². The number of hydrogen-bond acceptors (Lipinski definition) is 4. The van der Waals surface area contributed by atoms with Crippen LogP contribution in [0.2, 0.25) is 5.02 Å². The number of rotatable bonds is 6. The van der Waals surface area contributed by atoms with Crippen molar-refractivity contribution in [3.63, 3.8) is 0 Å². The zero-order valence-corrected chi connectivity index (χ0v) is 9.61. The third-order valence-electron chi connectivity index (χ3n) is 1.72. The van der Waals surface area contributed by atoms with E-state index in [2.05, 4.69) is 10.3 Å². The van der Waals surface area contributed by atoms with Gasteiger partial charge in [-0.25, -0.2) is 9.78 Å². The molecule has 0 unspecified atom stereocenters. The number of ether oxygens (including phenoxy) is 1. The molecule has 0 aromatic carbocycles. The van der Waals surface area contributed by atoms with Gasteiger partial charge in [-0.1, -0.05) is 11.6 Å². The topological polar surface area (TPSA) is 88.5 Å². The molecule has 0 aliphatic carbocycles. The Hall–Kier alpha value is -1.66. The van der Waals surface area contributed by atoms with Gasteiger partial charge >= 0.3 is 5.97 Å². The Labute approximate surface area is 103 Å². The standard InChI is InChI=1S/C10H11ClN2O4/c11-7-1-2-8(13-5-7)10(16)12-3-4-17-6-9(14)15/h1-2,5H,3-4,6H2,(H,12,16)(H,14,15). The van der Waals surface area contributed by atoms with Crippen molar-refractivity contribution in [1.82, 2.24) is 10.3 Å². The van der Waals surface area contributed by atoms with E-state index in [1.54, 1.807) is 6.07 Å². The third kappa shape index (κ3) is 5.28. The highest BCUT2D eigenvalue weighted by Crippen LogP contribution is 2.05. The average Bonchev–Trinajstić information content (AvgIpc) is 2.29. The molecule has 0 aliphatic heterocycles. The van der Waals surface area contributed by atoms with Crippen LogP contribution in [0.1, 0.15) is 10.5 Å². The summed E-state index contributed by atoms with van der Waals surface area (Å²) in [4.78, 5) is 25.4. The maximum Gasteiger partial charge on any atom is 0.329 e. The molecule has 1 rings (SSSR count). The molecule has 0 fully saturated rings. The van der Waals surface area contributed by atoms with Crippen LogP contribution >= 0.6 is 11.6 Å². The first-order chi connectivity index (χ1) is 8.09. The van der Waals surface area contributed by atoms with E-state index >= 15 is 0 Å². The summed E-state index contributed by atoms with van der Waals surface area (Å²) < 4.78 is 4.74. The van der Waals surface area contributed by atoms with Crippen molar-refractivity contribution in [2.45, 2.75) is 0 Å². The van der Waals surface area contributed by atoms with Crippen LogP contribution in [0.4, 0.5) is 0 Å². The van der Waals surface area contributed by atoms with Crippen molar-refractivity contribution in [1.29, 1.82) is 0 Å². The number of amides is 1. The molecular weight excluding hydrogens is 248 g/mol. The minimum Gasteiger partial charge on any atom is -0.480 e. The largest absolute Gasteiger partial charge is 0.480 e. The minimum absolute atomic E-state index is 0.131. The van der Waals surface area contributed by atoms with Crippen molar-refractivity contribution >= 4 is 23.5 Å². The highest BCUT2D eigenvalue weighted by molar-refractivity contribution is 6.30. The fourth-order valence-electron chi connectivity index (χ4n) is 0.997. The molecule has 0 spiro atoms. The number of aromatic nitrogens is 1. The molecule has 92 valence electrons. The molecule has 17 heavy (non-hydrogen) atoms. The summed E-state index contributed by atoms with van der Waals surface area (Å²) in [5.41, 5.74) is 0.243. The van der Waals surface area contributed by atoms with E-state index in [0.29, 0.717) is 5.02 Å². The van der Waals surface area contributed by atoms with Gasteiger partial charge in [0.2, 0.25) is 0 Å². The quantitative estimate of drug-likeness (QED) is 0.728. The number of hydrogen-bond donors (Lipinski definition) is 2. The molecular formula is C10H11ClN2O4. The molecule has 0 radical (unpaired) electrons. The lowest BCUT2D eigenvalue weighted by Gasteiger charge is -2.04. The second kappa shape index (κ2) is 6.82. The molecule has 0 aliphatic rings. The lowest BCUT2D eigenvalue weighted by molar-refractivity contribution is -0.142. The van der Waals surface area contributed by atoms with Gasteiger partial charge in [0.05, 0.1) is 11.6 Å². The van der Waals surface area contributed by atoms with Gasteiger partial charge in [-0.15, -0.1) is 0 Å². The van der Waals surface area contributed by atoms with Gasteiger partial charge in [-0.2, -0.15) is 0 Å². The van der Waals surface area contributed by atoms with E-state index < -0.39 is 5.97 Å². The SMILES string of the molecule is O=C(O)COCCNC(=O)c1ccc(Cl)cn1. The van der Waals surface area contributed by atoms with Gasteiger partial charge in [0.1, 0.15) is 12.3 Å². The summed E-state index contributed by atoms with van der Waals surface area (Å²) >= 11 is 5.62. The number of carbonyl (C=O) groups is 2. The number of nitrogens with one attached hydrogen (secondary N) is 1. The van der Waals surface area contributed by atoms with Crippen LogP contribution in [0.25, 0.3) is 0 Å². The Morgan fingerprint density at radius 2 is 2.24 bits per heavy atom. The first-order valence-corrected chi connectivity index (χ1v) is 5.16. The van der Waals surface area contributed by atoms with Gasteiger partial charge in [0, 0.05) is 12.7 Å². The summed E-state index contributed by atoms with van der Waals surface area (Å²) in [5.74, 6) is -1.41. The zero-order valence-electron chi connectivity index (χ0n) is 8.85. The van der Waals surface area contributed by atoms with Crippen molar-refractivity contribution < 1.29 is 19.4 Å². The number of carboxylic acid groups (broad SMARTS) is 1. The molecule has 6 nitrogen and oxygen atoms in total. The maximum atomic E-state index is 11.5. The Morgan fingerprint density at radius 3 is 2.82 bits per heavy atom. The van der Waals surface area contributed by atoms with E-state index in [9.17, 15) is 9.59 Å². The van der Waals surface area contributed by atoms with E-state index in [1.807, 2.05) is 0 Å². The van der Waals surface area contributed by atoms with E-state index in [-0.39, 0.29) is 31.4 Å². The molecule has 7 heteroatoms. The minimum atomic E-state index is -1.05. The average molecular weight is 259 g/mol. The molecule has 2 N–H and O–H groups in total. The van der Waals surface area contributed by atoms with E-state index in [0.717, 1.165) is 0 Å². The van der Waals surface area contributed by atoms with E-state index in [1.165, 1.54) is 12.3 Å². The molecule has 1 aromatic rings. The number of halogens is 1. The fourth-order valence-corrected chi connectivity index (χ4v) is 1.11. The maximum absolute atomic E-state index is 11.5. The van der Waals surface area contributed by atoms with Crippen LogP contribution in [0.5, 0.6) is 0 Å². The summed E-state index contributed by atoms with van der Waals surface area (Å²) in [6, 6.07) is 3.06. The molecule has 1 aromatic heterocycles. The number of aliphatic carboxylic acids is 1. The Balaban J connectivity index is 2.25. The lowest BCUT2D eigenvalue weighted by atomic mass is 10.3. The van der Waals surface area contributed by atoms with Crippen molar-refractivity contribution in [3.05, 3.63) is 29.0 Å². The van der Waals surface area contributed by atoms with E-state index in [4.69, 9.17) is 21.4 Å². The van der Waals surface area contributed by atoms with Gasteiger partial charge in [-0.05, 0) is 12.1 Å². The lowest BCUT2D eigenvalue weighted by Crippen LogP contribution is -2.28. The zero-order chi connectivity index (χ0) is 12.7. The highest BCUT2D eigenvalue weighted by Gasteiger charge is 2.05. The van der Waals surface area contributed by atoms with Gasteiger partial charge in [-0.3, -0.25) is 4.79 Å². The second-order valence-electron chi connectivity index (χ2n) is 3.06. The number of pyridine rings is 1. The van der Waals surface area contributed by atoms with Crippen LogP contribution in [-0.2, 0) is 9.53 Å². The Bertz CT molecular complexity index is 394. The molecule has 0 atom stereocenters. The number of nitrogens with zero attached hydrogens (tertiary/aromatic N) is 1. The highest BCUT2D eigenvalue weighted by atomic mass is 35.5. The number of carbonyl (C=O) groups excluding carboxylic acids is 1. The second-order valence-corrected chi connectivity index (χ2v) is 3.50. The smallest absolute Gasteiger partial charge is 0.329 e.